The number of hydrogen-bond donors (Lipinski definition) is 0. The first-order valence-electron chi connectivity index (χ1n) is 17.6. The molecule has 48 heavy (non-hydrogen) atoms. The topological polar surface area (TPSA) is 38.7 Å². The van der Waals surface area contributed by atoms with Gasteiger partial charge in [0.2, 0.25) is 0 Å². The van der Waals surface area contributed by atoms with Crippen LogP contribution < -0.4 is 0 Å². The maximum absolute atomic E-state index is 5.13. The van der Waals surface area contributed by atoms with Crippen LogP contribution in [0, 0.1) is 17.8 Å². The number of rotatable bonds is 5. The Kier molecular flexibility index (Phi) is 6.37. The van der Waals surface area contributed by atoms with Crippen LogP contribution in [0.25, 0.3) is 66.8 Å². The summed E-state index contributed by atoms with van der Waals surface area (Å²) < 4.78 is 0. The van der Waals surface area contributed by atoms with Crippen LogP contribution in [0.15, 0.2) is 133 Å². The Morgan fingerprint density at radius 1 is 0.396 bits per heavy atom. The maximum atomic E-state index is 5.13. The van der Waals surface area contributed by atoms with Gasteiger partial charge in [-0.25, -0.2) is 15.0 Å². The smallest absolute Gasteiger partial charge is 0.164 e. The molecule has 4 fully saturated rings. The number of aromatic nitrogens is 3. The van der Waals surface area contributed by atoms with Crippen LogP contribution in [0.5, 0.6) is 0 Å². The molecule has 0 atom stereocenters. The Balaban J connectivity index is 1.06. The van der Waals surface area contributed by atoms with Gasteiger partial charge in [-0.3, -0.25) is 0 Å². The van der Waals surface area contributed by atoms with Gasteiger partial charge in [0.25, 0.3) is 0 Å². The normalized spacial score (nSPS) is 22.8. The summed E-state index contributed by atoms with van der Waals surface area (Å²) in [6, 6.07) is 48.0. The van der Waals surface area contributed by atoms with Gasteiger partial charge in [-0.2, -0.15) is 0 Å². The van der Waals surface area contributed by atoms with Crippen molar-refractivity contribution in [1.82, 2.24) is 15.0 Å². The van der Waals surface area contributed by atoms with E-state index in [4.69, 9.17) is 15.0 Å². The zero-order chi connectivity index (χ0) is 31.7. The molecule has 0 aliphatic heterocycles. The van der Waals surface area contributed by atoms with Crippen molar-refractivity contribution in [2.75, 3.05) is 0 Å². The van der Waals surface area contributed by atoms with Crippen LogP contribution in [0.1, 0.15) is 44.1 Å². The second-order valence-corrected chi connectivity index (χ2v) is 14.7. The first-order valence-corrected chi connectivity index (χ1v) is 17.6. The molecule has 0 amide bonds. The Labute approximate surface area is 281 Å². The van der Waals surface area contributed by atoms with Gasteiger partial charge < -0.3 is 0 Å². The van der Waals surface area contributed by atoms with Crippen molar-refractivity contribution >= 4 is 21.5 Å². The average molecular weight is 620 g/mol. The monoisotopic (exact) mass is 619 g/mol. The fourth-order valence-corrected chi connectivity index (χ4v) is 9.79. The number of hydrogen-bond acceptors (Lipinski definition) is 3. The zero-order valence-electron chi connectivity index (χ0n) is 27.0. The van der Waals surface area contributed by atoms with Gasteiger partial charge >= 0.3 is 0 Å². The highest BCUT2D eigenvalue weighted by atomic mass is 15.0. The molecule has 3 nitrogen and oxygen atoms in total. The molecule has 3 heteroatoms. The summed E-state index contributed by atoms with van der Waals surface area (Å²) >= 11 is 0. The van der Waals surface area contributed by atoms with Gasteiger partial charge in [0.05, 0.1) is 0 Å². The first-order chi connectivity index (χ1) is 23.7. The largest absolute Gasteiger partial charge is 0.208 e. The second-order valence-electron chi connectivity index (χ2n) is 14.7. The molecular weight excluding hydrogens is 583 g/mol. The fraction of sp³-hybridized carbons (Fsp3) is 0.222. The minimum Gasteiger partial charge on any atom is -0.208 e. The van der Waals surface area contributed by atoms with Crippen LogP contribution in [0.2, 0.25) is 0 Å². The van der Waals surface area contributed by atoms with Crippen LogP contribution >= 0.6 is 0 Å². The third-order valence-corrected chi connectivity index (χ3v) is 11.7. The molecule has 4 aliphatic rings. The van der Waals surface area contributed by atoms with E-state index in [0.29, 0.717) is 17.1 Å². The summed E-state index contributed by atoms with van der Waals surface area (Å²) in [5, 5.41) is 4.93. The molecule has 232 valence electrons. The van der Waals surface area contributed by atoms with E-state index in [1.807, 2.05) is 0 Å². The highest BCUT2D eigenvalue weighted by molar-refractivity contribution is 6.08. The van der Waals surface area contributed by atoms with Gasteiger partial charge in [-0.05, 0) is 106 Å². The number of fused-ring (bicyclic) bond motifs is 3. The predicted molar refractivity (Wildman–Crippen MR) is 196 cm³/mol. The number of benzene rings is 6. The standard InChI is InChI=1S/C45H37N3/c1-2-6-32(7-3-1)33-10-13-35(14-11-33)42-46-43(36-16-19-39(20-17-36)45-26-29-22-30(27-45)24-31(23-29)28-45)48-44(47-42)38-18-21-41-37(25-38)15-12-34-8-4-5-9-40(34)41/h1-21,25,29-31H,22-24,26-28H2. The van der Waals surface area contributed by atoms with E-state index in [2.05, 4.69) is 133 Å². The quantitative estimate of drug-likeness (QED) is 0.180. The Bertz CT molecular complexity index is 2270. The molecule has 4 saturated carbocycles. The van der Waals surface area contributed by atoms with Gasteiger partial charge in [0.15, 0.2) is 17.5 Å². The molecule has 0 spiro atoms. The lowest BCUT2D eigenvalue weighted by atomic mass is 9.48. The second kappa shape index (κ2) is 11.0. The van der Waals surface area contributed by atoms with Crippen molar-refractivity contribution in [3.05, 3.63) is 139 Å². The molecule has 7 aromatic rings. The van der Waals surface area contributed by atoms with Crippen LogP contribution in [0.3, 0.4) is 0 Å². The van der Waals surface area contributed by atoms with Crippen LogP contribution in [-0.4, -0.2) is 15.0 Å². The van der Waals surface area contributed by atoms with E-state index in [9.17, 15) is 0 Å². The molecule has 0 radical (unpaired) electrons. The van der Waals surface area contributed by atoms with E-state index in [1.165, 1.54) is 76.8 Å². The summed E-state index contributed by atoms with van der Waals surface area (Å²) in [5.74, 6) is 4.90. The van der Waals surface area contributed by atoms with E-state index < -0.39 is 0 Å². The first kappa shape index (κ1) is 27.9. The average Bonchev–Trinajstić information content (AvgIpc) is 3.14. The Hall–Kier alpha value is -5.15. The molecule has 0 unspecified atom stereocenters. The Morgan fingerprint density at radius 2 is 0.875 bits per heavy atom. The molecule has 1 heterocycles. The predicted octanol–water partition coefficient (Wildman–Crippen LogP) is 11.3. The van der Waals surface area contributed by atoms with Gasteiger partial charge in [-0.15, -0.1) is 0 Å². The molecule has 0 N–H and O–H groups in total. The minimum atomic E-state index is 0.373. The third kappa shape index (κ3) is 4.75. The lowest BCUT2D eigenvalue weighted by molar-refractivity contribution is -0.00518. The fourth-order valence-electron chi connectivity index (χ4n) is 9.79. The molecule has 6 aromatic carbocycles. The van der Waals surface area contributed by atoms with Crippen molar-refractivity contribution < 1.29 is 0 Å². The van der Waals surface area contributed by atoms with Crippen molar-refractivity contribution in [3.63, 3.8) is 0 Å². The summed E-state index contributed by atoms with van der Waals surface area (Å²) in [4.78, 5) is 15.3. The highest BCUT2D eigenvalue weighted by Gasteiger charge is 2.51. The van der Waals surface area contributed by atoms with Gasteiger partial charge in [-0.1, -0.05) is 127 Å². The summed E-state index contributed by atoms with van der Waals surface area (Å²) in [7, 11) is 0. The van der Waals surface area contributed by atoms with Crippen LogP contribution in [0.4, 0.5) is 0 Å². The van der Waals surface area contributed by atoms with Crippen molar-refractivity contribution in [3.8, 4) is 45.3 Å². The van der Waals surface area contributed by atoms with Crippen molar-refractivity contribution in [2.45, 2.75) is 43.9 Å². The molecular formula is C45H37N3. The maximum Gasteiger partial charge on any atom is 0.164 e. The molecule has 1 aromatic heterocycles. The van der Waals surface area contributed by atoms with Crippen LogP contribution in [-0.2, 0) is 5.41 Å². The number of nitrogens with zero attached hydrogens (tertiary/aromatic N) is 3. The van der Waals surface area contributed by atoms with E-state index in [0.717, 1.165) is 40.3 Å². The lowest BCUT2D eigenvalue weighted by Gasteiger charge is -2.57. The molecule has 4 aliphatic carbocycles. The highest BCUT2D eigenvalue weighted by Crippen LogP contribution is 2.60. The summed E-state index contributed by atoms with van der Waals surface area (Å²) in [6.07, 6.45) is 8.50. The summed E-state index contributed by atoms with van der Waals surface area (Å²) in [6.45, 7) is 0. The molecule has 4 bridgehead atoms. The lowest BCUT2D eigenvalue weighted by Crippen LogP contribution is -2.48. The minimum absolute atomic E-state index is 0.373. The van der Waals surface area contributed by atoms with E-state index in [-0.39, 0.29) is 0 Å². The zero-order valence-corrected chi connectivity index (χ0v) is 27.0. The van der Waals surface area contributed by atoms with Crippen molar-refractivity contribution in [2.24, 2.45) is 17.8 Å². The third-order valence-electron chi connectivity index (χ3n) is 11.7. The van der Waals surface area contributed by atoms with Gasteiger partial charge in [0, 0.05) is 16.7 Å². The van der Waals surface area contributed by atoms with E-state index >= 15 is 0 Å². The SMILES string of the molecule is c1ccc(-c2ccc(-c3nc(-c4ccc(C56CC7CC(CC(C7)C5)C6)cc4)nc(-c4ccc5c(ccc6ccccc65)c4)n3)cc2)cc1. The van der Waals surface area contributed by atoms with Gasteiger partial charge in [0.1, 0.15) is 0 Å². The summed E-state index contributed by atoms with van der Waals surface area (Å²) in [5.41, 5.74) is 7.29. The van der Waals surface area contributed by atoms with E-state index in [1.54, 1.807) is 0 Å². The Morgan fingerprint density at radius 3 is 1.54 bits per heavy atom. The van der Waals surface area contributed by atoms with Crippen molar-refractivity contribution in [1.29, 1.82) is 0 Å². The molecule has 0 saturated heterocycles. The molecule has 11 rings (SSSR count).